The van der Waals surface area contributed by atoms with E-state index in [1.807, 2.05) is 60.9 Å². The Bertz CT molecular complexity index is 196. The van der Waals surface area contributed by atoms with Gasteiger partial charge in [-0.3, -0.25) is 0 Å². The molecule has 0 aliphatic carbocycles. The zero-order valence-electron chi connectivity index (χ0n) is 6.27. The molecular weight excluding hydrogens is 145 g/mol. The third-order valence-corrected chi connectivity index (χ3v) is 1.16. The topological polar surface area (TPSA) is 15.8 Å². The Morgan fingerprint density at radius 2 is 0.833 bits per heavy atom. The molecule has 2 rings (SSSR count). The van der Waals surface area contributed by atoms with Crippen LogP contribution < -0.4 is 0 Å². The van der Waals surface area contributed by atoms with Crippen LogP contribution in [0.3, 0.4) is 0 Å². The largest absolute Gasteiger partial charge is 0.368 e. The van der Waals surface area contributed by atoms with Crippen LogP contribution in [0.4, 0.5) is 0 Å². The van der Waals surface area contributed by atoms with Crippen LogP contribution in [0.2, 0.25) is 0 Å². The van der Waals surface area contributed by atoms with Crippen LogP contribution in [-0.4, -0.2) is 13.4 Å². The molecule has 0 bridgehead atoms. The Balaban J connectivity index is 0.000000189. The molecule has 0 spiro atoms. The quantitative estimate of drug-likeness (QED) is 0.561. The van der Waals surface area contributed by atoms with Gasteiger partial charge in [0.05, 0.1) is 8.41 Å². The first-order valence-electron chi connectivity index (χ1n) is 3.58. The highest BCUT2D eigenvalue weighted by atomic mass is 14.6. The lowest BCUT2D eigenvalue weighted by Gasteiger charge is -1.69. The third-order valence-electron chi connectivity index (χ3n) is 1.16. The summed E-state index contributed by atoms with van der Waals surface area (Å²) >= 11 is 0. The Kier molecular flexibility index (Phi) is 6.75. The van der Waals surface area contributed by atoms with Crippen molar-refractivity contribution in [1.29, 1.82) is 0 Å². The maximum absolute atomic E-state index is 2.86. The van der Waals surface area contributed by atoms with E-state index in [9.17, 15) is 0 Å². The van der Waals surface area contributed by atoms with Crippen LogP contribution in [0.5, 0.6) is 0 Å². The minimum Gasteiger partial charge on any atom is -0.368 e. The monoisotopic (exact) mass is 159 g/mol. The van der Waals surface area contributed by atoms with Crippen molar-refractivity contribution in [3.05, 3.63) is 60.9 Å². The van der Waals surface area contributed by atoms with E-state index in [1.54, 1.807) is 0 Å². The molecule has 0 aliphatic heterocycles. The number of aromatic nitrogens is 1. The fourth-order valence-electron chi connectivity index (χ4n) is 0.663. The number of H-pyrrole nitrogens is 1. The van der Waals surface area contributed by atoms with Crippen LogP contribution in [0.25, 0.3) is 0 Å². The molecule has 2 aromatic rings. The standard InChI is InChI=1S/C6H6.C4H5N.BH3/c1-2-4-6-5-3-1;1-2-4-5-3-1;/h1-6H;1-5H;1H3. The van der Waals surface area contributed by atoms with Crippen LogP contribution in [0.15, 0.2) is 60.9 Å². The summed E-state index contributed by atoms with van der Waals surface area (Å²) < 4.78 is 0. The minimum atomic E-state index is 0. The molecule has 0 fully saturated rings. The van der Waals surface area contributed by atoms with E-state index in [2.05, 4.69) is 4.98 Å². The van der Waals surface area contributed by atoms with Gasteiger partial charge < -0.3 is 4.98 Å². The molecule has 0 unspecified atom stereocenters. The van der Waals surface area contributed by atoms with Crippen molar-refractivity contribution >= 4 is 8.41 Å². The first-order valence-corrected chi connectivity index (χ1v) is 3.58. The van der Waals surface area contributed by atoms with E-state index in [0.717, 1.165) is 0 Å². The zero-order valence-corrected chi connectivity index (χ0v) is 6.27. The minimum absolute atomic E-state index is 0. The van der Waals surface area contributed by atoms with Gasteiger partial charge in [-0.1, -0.05) is 36.4 Å². The smallest absolute Gasteiger partial charge is 0.0814 e. The molecule has 2 heteroatoms. The Hall–Kier alpha value is -1.44. The van der Waals surface area contributed by atoms with Crippen molar-refractivity contribution in [2.45, 2.75) is 0 Å². The Labute approximate surface area is 75.0 Å². The van der Waals surface area contributed by atoms with Gasteiger partial charge in [-0.05, 0) is 12.1 Å². The van der Waals surface area contributed by atoms with E-state index >= 15 is 0 Å². The molecule has 0 atom stereocenters. The second kappa shape index (κ2) is 7.67. The fourth-order valence-corrected chi connectivity index (χ4v) is 0.663. The van der Waals surface area contributed by atoms with Crippen molar-refractivity contribution in [1.82, 2.24) is 4.98 Å². The van der Waals surface area contributed by atoms with Crippen LogP contribution in [-0.2, 0) is 0 Å². The zero-order chi connectivity index (χ0) is 7.78. The number of rotatable bonds is 0. The first kappa shape index (κ1) is 10.6. The van der Waals surface area contributed by atoms with E-state index in [0.29, 0.717) is 0 Å². The van der Waals surface area contributed by atoms with Gasteiger partial charge in [-0.25, -0.2) is 0 Å². The van der Waals surface area contributed by atoms with Gasteiger partial charge in [0.2, 0.25) is 0 Å². The van der Waals surface area contributed by atoms with Crippen molar-refractivity contribution in [2.75, 3.05) is 0 Å². The predicted molar refractivity (Wildman–Crippen MR) is 57.2 cm³/mol. The summed E-state index contributed by atoms with van der Waals surface area (Å²) in [6.07, 6.45) is 3.75. The van der Waals surface area contributed by atoms with Crippen molar-refractivity contribution < 1.29 is 0 Å². The number of nitrogens with one attached hydrogen (secondary N) is 1. The van der Waals surface area contributed by atoms with E-state index in [-0.39, 0.29) is 8.41 Å². The van der Waals surface area contributed by atoms with Crippen molar-refractivity contribution in [3.63, 3.8) is 0 Å². The lowest BCUT2D eigenvalue weighted by atomic mass is 10.4. The highest BCUT2D eigenvalue weighted by molar-refractivity contribution is 5.75. The molecule has 0 amide bonds. The van der Waals surface area contributed by atoms with Crippen LogP contribution in [0, 0.1) is 0 Å². The summed E-state index contributed by atoms with van der Waals surface area (Å²) in [5, 5.41) is 0. The Morgan fingerprint density at radius 3 is 1.00 bits per heavy atom. The summed E-state index contributed by atoms with van der Waals surface area (Å²) in [4.78, 5) is 2.86. The van der Waals surface area contributed by atoms with Gasteiger partial charge in [0.1, 0.15) is 0 Å². The number of aromatic amines is 1. The first-order chi connectivity index (χ1) is 5.50. The van der Waals surface area contributed by atoms with E-state index in [4.69, 9.17) is 0 Å². The maximum atomic E-state index is 2.86. The van der Waals surface area contributed by atoms with Crippen LogP contribution >= 0.6 is 0 Å². The number of hydrogen-bond acceptors (Lipinski definition) is 0. The lowest BCUT2D eigenvalue weighted by molar-refractivity contribution is 1.42. The molecule has 0 saturated carbocycles. The van der Waals surface area contributed by atoms with Gasteiger partial charge >= 0.3 is 0 Å². The second-order valence-corrected chi connectivity index (χ2v) is 2.04. The SMILES string of the molecule is B.c1cc[nH]c1.c1ccccc1. The average molecular weight is 159 g/mol. The summed E-state index contributed by atoms with van der Waals surface area (Å²) in [7, 11) is 0. The molecule has 0 radical (unpaired) electrons. The van der Waals surface area contributed by atoms with Gasteiger partial charge in [-0.15, -0.1) is 0 Å². The summed E-state index contributed by atoms with van der Waals surface area (Å²) in [6.45, 7) is 0. The molecule has 0 saturated heterocycles. The van der Waals surface area contributed by atoms with Crippen molar-refractivity contribution in [2.24, 2.45) is 0 Å². The summed E-state index contributed by atoms with van der Waals surface area (Å²) in [5.74, 6) is 0. The highest BCUT2D eigenvalue weighted by Gasteiger charge is 1.58. The third kappa shape index (κ3) is 5.36. The normalized spacial score (nSPS) is 7.33. The number of hydrogen-bond donors (Lipinski definition) is 1. The molecule has 62 valence electrons. The lowest BCUT2D eigenvalue weighted by Crippen LogP contribution is -1.47. The molecule has 1 nitrogen and oxygen atoms in total. The van der Waals surface area contributed by atoms with Gasteiger partial charge in [0, 0.05) is 12.4 Å². The van der Waals surface area contributed by atoms with Gasteiger partial charge in [0.15, 0.2) is 0 Å². The highest BCUT2D eigenvalue weighted by Crippen LogP contribution is 1.79. The van der Waals surface area contributed by atoms with E-state index < -0.39 is 0 Å². The molecule has 1 heterocycles. The molecular formula is C10H14BN. The average Bonchev–Trinajstić information content (AvgIpc) is 2.64. The number of benzene rings is 1. The molecule has 1 aromatic heterocycles. The molecule has 0 aliphatic rings. The predicted octanol–water partition coefficient (Wildman–Crippen LogP) is 1.52. The van der Waals surface area contributed by atoms with Crippen LogP contribution in [0.1, 0.15) is 0 Å². The Morgan fingerprint density at radius 1 is 0.500 bits per heavy atom. The van der Waals surface area contributed by atoms with Crippen molar-refractivity contribution in [3.8, 4) is 0 Å². The summed E-state index contributed by atoms with van der Waals surface area (Å²) in [6, 6.07) is 15.9. The van der Waals surface area contributed by atoms with Gasteiger partial charge in [0.25, 0.3) is 0 Å². The van der Waals surface area contributed by atoms with E-state index in [1.165, 1.54) is 0 Å². The fraction of sp³-hybridized carbons (Fsp3) is 0. The molecule has 1 N–H and O–H groups in total. The summed E-state index contributed by atoms with van der Waals surface area (Å²) in [5.41, 5.74) is 0. The second-order valence-electron chi connectivity index (χ2n) is 2.04. The van der Waals surface area contributed by atoms with Gasteiger partial charge in [-0.2, -0.15) is 0 Å². The maximum Gasteiger partial charge on any atom is 0.0814 e. The molecule has 12 heavy (non-hydrogen) atoms. The molecule has 1 aromatic carbocycles.